The lowest BCUT2D eigenvalue weighted by molar-refractivity contribution is -0.171. The van der Waals surface area contributed by atoms with Crippen LogP contribution in [0, 0.1) is 22.7 Å². The lowest BCUT2D eigenvalue weighted by Crippen LogP contribution is -2.64. The molecule has 2 heteroatoms. The number of carbonyl (C=O) groups is 2. The van der Waals surface area contributed by atoms with E-state index in [9.17, 15) is 9.59 Å². The summed E-state index contributed by atoms with van der Waals surface area (Å²) >= 11 is 0. The van der Waals surface area contributed by atoms with Gasteiger partial charge in [-0.3, -0.25) is 9.59 Å². The van der Waals surface area contributed by atoms with Gasteiger partial charge in [-0.2, -0.15) is 0 Å². The highest BCUT2D eigenvalue weighted by molar-refractivity contribution is 6.30. The zero-order valence-electron chi connectivity index (χ0n) is 11.4. The van der Waals surface area contributed by atoms with E-state index in [0.29, 0.717) is 24.7 Å². The molecule has 0 bridgehead atoms. The average molecular weight is 224 g/mol. The molecule has 1 rings (SSSR count). The molecule has 1 fully saturated rings. The Hall–Kier alpha value is -0.660. The predicted molar refractivity (Wildman–Crippen MR) is 65.1 cm³/mol. The van der Waals surface area contributed by atoms with Gasteiger partial charge in [0.2, 0.25) is 0 Å². The molecular weight excluding hydrogens is 200 g/mol. The Morgan fingerprint density at radius 2 is 1.06 bits per heavy atom. The Kier molecular flexibility index (Phi) is 3.33. The lowest BCUT2D eigenvalue weighted by atomic mass is 9.48. The van der Waals surface area contributed by atoms with Gasteiger partial charge in [0, 0.05) is 0 Å². The average Bonchev–Trinajstić information content (AvgIpc) is 2.13. The molecular formula is C14H24O2. The third kappa shape index (κ3) is 1.83. The third-order valence-electron chi connectivity index (χ3n) is 3.64. The van der Waals surface area contributed by atoms with Gasteiger partial charge < -0.3 is 0 Å². The Balaban J connectivity index is 2.86. The molecule has 2 nitrogen and oxygen atoms in total. The van der Waals surface area contributed by atoms with Gasteiger partial charge in [-0.05, 0) is 38.5 Å². The number of rotatable bonds is 4. The molecule has 0 spiro atoms. The van der Waals surface area contributed by atoms with E-state index in [1.165, 1.54) is 0 Å². The van der Waals surface area contributed by atoms with Crippen LogP contribution in [-0.4, -0.2) is 11.6 Å². The van der Waals surface area contributed by atoms with Gasteiger partial charge in [-0.15, -0.1) is 0 Å². The van der Waals surface area contributed by atoms with E-state index in [-0.39, 0.29) is 11.6 Å². The van der Waals surface area contributed by atoms with E-state index in [1.54, 1.807) is 0 Å². The fourth-order valence-electron chi connectivity index (χ4n) is 3.37. The van der Waals surface area contributed by atoms with Gasteiger partial charge in [0.25, 0.3) is 0 Å². The summed E-state index contributed by atoms with van der Waals surface area (Å²) in [7, 11) is 0. The predicted octanol–water partition coefficient (Wildman–Crippen LogP) is 3.24. The standard InChI is InChI=1S/C14H24O2/c1-9(2)7-13(5)11(15)14(6,12(13)16)8-10(3)4/h9-10H,7-8H2,1-6H3. The second-order valence-corrected chi connectivity index (χ2v) is 6.52. The van der Waals surface area contributed by atoms with E-state index >= 15 is 0 Å². The van der Waals surface area contributed by atoms with E-state index in [4.69, 9.17) is 0 Å². The molecule has 1 aliphatic carbocycles. The van der Waals surface area contributed by atoms with Crippen LogP contribution in [0.2, 0.25) is 0 Å². The summed E-state index contributed by atoms with van der Waals surface area (Å²) in [5.41, 5.74) is -1.39. The summed E-state index contributed by atoms with van der Waals surface area (Å²) in [4.78, 5) is 24.5. The molecule has 1 aliphatic rings. The van der Waals surface area contributed by atoms with Crippen molar-refractivity contribution in [2.75, 3.05) is 0 Å². The van der Waals surface area contributed by atoms with E-state index < -0.39 is 10.8 Å². The Bertz CT molecular complexity index is 269. The Morgan fingerprint density at radius 1 is 0.812 bits per heavy atom. The van der Waals surface area contributed by atoms with Crippen molar-refractivity contribution < 1.29 is 9.59 Å². The molecule has 0 N–H and O–H groups in total. The largest absolute Gasteiger partial charge is 0.297 e. The monoisotopic (exact) mass is 224 g/mol. The smallest absolute Gasteiger partial charge is 0.159 e. The summed E-state index contributed by atoms with van der Waals surface area (Å²) in [6.45, 7) is 11.9. The summed E-state index contributed by atoms with van der Waals surface area (Å²) in [5.74, 6) is 1.10. The SMILES string of the molecule is CC(C)CC1(C)C(=O)C(C)(CC(C)C)C1=O. The molecule has 0 amide bonds. The minimum atomic E-state index is -0.697. The van der Waals surface area contributed by atoms with Crippen molar-refractivity contribution in [2.24, 2.45) is 22.7 Å². The molecule has 0 aromatic carbocycles. The molecule has 0 aliphatic heterocycles. The van der Waals surface area contributed by atoms with Crippen molar-refractivity contribution in [2.45, 2.75) is 54.4 Å². The highest BCUT2D eigenvalue weighted by atomic mass is 16.2. The number of carbonyl (C=O) groups excluding carboxylic acids is 2. The fraction of sp³-hybridized carbons (Fsp3) is 0.857. The van der Waals surface area contributed by atoms with Gasteiger partial charge in [-0.25, -0.2) is 0 Å². The van der Waals surface area contributed by atoms with Crippen LogP contribution in [0.4, 0.5) is 0 Å². The highest BCUT2D eigenvalue weighted by Crippen LogP contribution is 2.53. The molecule has 0 aromatic rings. The number of Topliss-reactive ketones (excluding diaryl/α,β-unsaturated/α-hetero) is 2. The summed E-state index contributed by atoms with van der Waals surface area (Å²) < 4.78 is 0. The van der Waals surface area contributed by atoms with Crippen LogP contribution in [0.1, 0.15) is 54.4 Å². The number of hydrogen-bond donors (Lipinski definition) is 0. The fourth-order valence-corrected chi connectivity index (χ4v) is 3.37. The maximum absolute atomic E-state index is 12.3. The number of ketones is 2. The zero-order valence-corrected chi connectivity index (χ0v) is 11.4. The Morgan fingerprint density at radius 3 is 1.25 bits per heavy atom. The van der Waals surface area contributed by atoms with Crippen molar-refractivity contribution in [1.82, 2.24) is 0 Å². The first-order chi connectivity index (χ1) is 7.14. The minimum Gasteiger partial charge on any atom is -0.297 e. The van der Waals surface area contributed by atoms with E-state index in [2.05, 4.69) is 27.7 Å². The van der Waals surface area contributed by atoms with Crippen molar-refractivity contribution in [3.05, 3.63) is 0 Å². The van der Waals surface area contributed by atoms with E-state index in [1.807, 2.05) is 13.8 Å². The van der Waals surface area contributed by atoms with Gasteiger partial charge in [0.05, 0.1) is 10.8 Å². The molecule has 0 saturated heterocycles. The zero-order chi connectivity index (χ0) is 12.7. The van der Waals surface area contributed by atoms with Crippen LogP contribution in [-0.2, 0) is 9.59 Å². The molecule has 92 valence electrons. The first kappa shape index (κ1) is 13.4. The van der Waals surface area contributed by atoms with E-state index in [0.717, 1.165) is 0 Å². The van der Waals surface area contributed by atoms with Crippen LogP contribution in [0.25, 0.3) is 0 Å². The maximum Gasteiger partial charge on any atom is 0.159 e. The molecule has 0 heterocycles. The molecule has 0 aromatic heterocycles. The van der Waals surface area contributed by atoms with Crippen molar-refractivity contribution >= 4 is 11.6 Å². The third-order valence-corrected chi connectivity index (χ3v) is 3.64. The second-order valence-electron chi connectivity index (χ2n) is 6.52. The van der Waals surface area contributed by atoms with Crippen LogP contribution < -0.4 is 0 Å². The van der Waals surface area contributed by atoms with Crippen LogP contribution in [0.3, 0.4) is 0 Å². The van der Waals surface area contributed by atoms with Crippen molar-refractivity contribution in [3.63, 3.8) is 0 Å². The highest BCUT2D eigenvalue weighted by Gasteiger charge is 2.65. The Labute approximate surface area is 98.8 Å². The molecule has 0 unspecified atom stereocenters. The molecule has 0 radical (unpaired) electrons. The van der Waals surface area contributed by atoms with Gasteiger partial charge in [0.1, 0.15) is 0 Å². The van der Waals surface area contributed by atoms with Crippen LogP contribution in [0.5, 0.6) is 0 Å². The summed E-state index contributed by atoms with van der Waals surface area (Å²) in [6.07, 6.45) is 1.39. The lowest BCUT2D eigenvalue weighted by Gasteiger charge is -2.50. The van der Waals surface area contributed by atoms with Gasteiger partial charge in [-0.1, -0.05) is 27.7 Å². The summed E-state index contributed by atoms with van der Waals surface area (Å²) in [6, 6.07) is 0. The normalized spacial score (nSPS) is 34.8. The minimum absolute atomic E-state index is 0.160. The topological polar surface area (TPSA) is 34.1 Å². The van der Waals surface area contributed by atoms with Crippen LogP contribution >= 0.6 is 0 Å². The summed E-state index contributed by atoms with van der Waals surface area (Å²) in [5, 5.41) is 0. The second kappa shape index (κ2) is 3.97. The quantitative estimate of drug-likeness (QED) is 0.687. The van der Waals surface area contributed by atoms with Crippen molar-refractivity contribution in [3.8, 4) is 0 Å². The first-order valence-corrected chi connectivity index (χ1v) is 6.24. The molecule has 1 saturated carbocycles. The van der Waals surface area contributed by atoms with Crippen molar-refractivity contribution in [1.29, 1.82) is 0 Å². The maximum atomic E-state index is 12.3. The van der Waals surface area contributed by atoms with Crippen LogP contribution in [0.15, 0.2) is 0 Å². The van der Waals surface area contributed by atoms with Gasteiger partial charge in [0.15, 0.2) is 11.6 Å². The van der Waals surface area contributed by atoms with Gasteiger partial charge >= 0.3 is 0 Å². The molecule has 0 atom stereocenters. The number of hydrogen-bond acceptors (Lipinski definition) is 2. The first-order valence-electron chi connectivity index (χ1n) is 6.24. The molecule has 16 heavy (non-hydrogen) atoms.